The lowest BCUT2D eigenvalue weighted by Crippen LogP contribution is -2.44. The Morgan fingerprint density at radius 2 is 2.14 bits per heavy atom. The summed E-state index contributed by atoms with van der Waals surface area (Å²) in [5.41, 5.74) is 5.72. The molecule has 0 spiro atoms. The van der Waals surface area contributed by atoms with Gasteiger partial charge in [-0.1, -0.05) is 13.3 Å². The number of amides is 1. The van der Waals surface area contributed by atoms with Crippen LogP contribution in [0.5, 0.6) is 0 Å². The zero-order valence-corrected chi connectivity index (χ0v) is 9.20. The lowest BCUT2D eigenvalue weighted by molar-refractivity contribution is -0.132. The van der Waals surface area contributed by atoms with Crippen molar-refractivity contribution in [3.63, 3.8) is 0 Å². The summed E-state index contributed by atoms with van der Waals surface area (Å²) in [6.07, 6.45) is 2.28. The fourth-order valence-electron chi connectivity index (χ4n) is 1.35. The topological polar surface area (TPSA) is 66.6 Å². The highest BCUT2D eigenvalue weighted by atomic mass is 16.3. The number of carbonyl (C=O) groups excluding carboxylic acids is 1. The average Bonchev–Trinajstić information content (AvgIpc) is 2.19. The van der Waals surface area contributed by atoms with E-state index in [1.807, 2.05) is 13.8 Å². The van der Waals surface area contributed by atoms with Crippen LogP contribution in [0.4, 0.5) is 0 Å². The predicted molar refractivity (Wildman–Crippen MR) is 56.8 cm³/mol. The summed E-state index contributed by atoms with van der Waals surface area (Å²) in [5, 5.41) is 8.67. The maximum atomic E-state index is 11.7. The van der Waals surface area contributed by atoms with E-state index >= 15 is 0 Å². The quantitative estimate of drug-likeness (QED) is 0.626. The molecule has 0 fully saturated rings. The molecule has 0 aliphatic rings. The van der Waals surface area contributed by atoms with Gasteiger partial charge >= 0.3 is 0 Å². The largest absolute Gasteiger partial charge is 0.396 e. The summed E-state index contributed by atoms with van der Waals surface area (Å²) in [6, 6.07) is -0.376. The van der Waals surface area contributed by atoms with E-state index in [9.17, 15) is 4.79 Å². The molecule has 0 saturated carbocycles. The molecule has 14 heavy (non-hydrogen) atoms. The molecule has 0 unspecified atom stereocenters. The van der Waals surface area contributed by atoms with Crippen molar-refractivity contribution in [2.24, 2.45) is 5.73 Å². The van der Waals surface area contributed by atoms with E-state index in [1.54, 1.807) is 4.90 Å². The second-order valence-corrected chi connectivity index (χ2v) is 3.39. The van der Waals surface area contributed by atoms with Crippen LogP contribution in [0.2, 0.25) is 0 Å². The molecule has 0 rings (SSSR count). The van der Waals surface area contributed by atoms with Crippen LogP contribution < -0.4 is 5.73 Å². The first-order chi connectivity index (χ1) is 6.67. The Bertz CT molecular complexity index is 162. The molecule has 3 N–H and O–H groups in total. The molecule has 0 aliphatic heterocycles. The molecule has 1 amide bonds. The van der Waals surface area contributed by atoms with Crippen LogP contribution in [-0.4, -0.2) is 41.7 Å². The molecule has 0 aromatic rings. The summed E-state index contributed by atoms with van der Waals surface area (Å²) in [6.45, 7) is 5.32. The highest BCUT2D eigenvalue weighted by Gasteiger charge is 2.18. The van der Waals surface area contributed by atoms with E-state index in [0.29, 0.717) is 19.5 Å². The first kappa shape index (κ1) is 13.4. The maximum Gasteiger partial charge on any atom is 0.239 e. The van der Waals surface area contributed by atoms with Crippen LogP contribution >= 0.6 is 0 Å². The number of hydrogen-bond acceptors (Lipinski definition) is 3. The Balaban J connectivity index is 4.01. The third kappa shape index (κ3) is 4.58. The molecule has 84 valence electrons. The SMILES string of the molecule is CCC[C@@H](N)C(=O)N(CC)CCCO. The number of likely N-dealkylation sites (N-methyl/N-ethyl adjacent to an activating group) is 1. The summed E-state index contributed by atoms with van der Waals surface area (Å²) in [4.78, 5) is 13.4. The second kappa shape index (κ2) is 7.76. The van der Waals surface area contributed by atoms with Gasteiger partial charge in [0.15, 0.2) is 0 Å². The fraction of sp³-hybridized carbons (Fsp3) is 0.900. The van der Waals surface area contributed by atoms with Gasteiger partial charge in [0.1, 0.15) is 0 Å². The number of hydrogen-bond donors (Lipinski definition) is 2. The van der Waals surface area contributed by atoms with Crippen molar-refractivity contribution in [2.75, 3.05) is 19.7 Å². The fourth-order valence-corrected chi connectivity index (χ4v) is 1.35. The van der Waals surface area contributed by atoms with Crippen molar-refractivity contribution in [1.29, 1.82) is 0 Å². The van der Waals surface area contributed by atoms with E-state index < -0.39 is 0 Å². The molecule has 1 atom stereocenters. The van der Waals surface area contributed by atoms with E-state index in [-0.39, 0.29) is 18.6 Å². The van der Waals surface area contributed by atoms with Crippen LogP contribution in [0.15, 0.2) is 0 Å². The van der Waals surface area contributed by atoms with Gasteiger partial charge in [-0.3, -0.25) is 4.79 Å². The minimum Gasteiger partial charge on any atom is -0.396 e. The minimum atomic E-state index is -0.376. The molecule has 0 aromatic heterocycles. The lowest BCUT2D eigenvalue weighted by Gasteiger charge is -2.23. The van der Waals surface area contributed by atoms with Crippen LogP contribution in [0.1, 0.15) is 33.1 Å². The highest BCUT2D eigenvalue weighted by Crippen LogP contribution is 2.00. The van der Waals surface area contributed by atoms with Crippen molar-refractivity contribution in [3.05, 3.63) is 0 Å². The maximum absolute atomic E-state index is 11.7. The average molecular weight is 202 g/mol. The first-order valence-corrected chi connectivity index (χ1v) is 5.32. The monoisotopic (exact) mass is 202 g/mol. The summed E-state index contributed by atoms with van der Waals surface area (Å²) in [7, 11) is 0. The lowest BCUT2D eigenvalue weighted by atomic mass is 10.1. The molecular weight excluding hydrogens is 180 g/mol. The summed E-state index contributed by atoms with van der Waals surface area (Å²) < 4.78 is 0. The second-order valence-electron chi connectivity index (χ2n) is 3.39. The van der Waals surface area contributed by atoms with Gasteiger partial charge in [-0.25, -0.2) is 0 Å². The van der Waals surface area contributed by atoms with Gasteiger partial charge in [0.25, 0.3) is 0 Å². The van der Waals surface area contributed by atoms with Crippen molar-refractivity contribution < 1.29 is 9.90 Å². The van der Waals surface area contributed by atoms with Gasteiger partial charge in [0.2, 0.25) is 5.91 Å². The molecule has 4 nitrogen and oxygen atoms in total. The number of rotatable bonds is 7. The van der Waals surface area contributed by atoms with E-state index in [4.69, 9.17) is 10.8 Å². The normalized spacial score (nSPS) is 12.6. The van der Waals surface area contributed by atoms with Crippen molar-refractivity contribution in [1.82, 2.24) is 4.90 Å². The van der Waals surface area contributed by atoms with Gasteiger partial charge in [0, 0.05) is 19.7 Å². The van der Waals surface area contributed by atoms with Crippen LogP contribution in [0.3, 0.4) is 0 Å². The smallest absolute Gasteiger partial charge is 0.239 e. The number of nitrogens with zero attached hydrogens (tertiary/aromatic N) is 1. The number of nitrogens with two attached hydrogens (primary N) is 1. The van der Waals surface area contributed by atoms with Gasteiger partial charge in [-0.2, -0.15) is 0 Å². The predicted octanol–water partition coefficient (Wildman–Crippen LogP) is 0.345. The minimum absolute atomic E-state index is 0.00259. The Morgan fingerprint density at radius 3 is 2.57 bits per heavy atom. The van der Waals surface area contributed by atoms with Crippen molar-refractivity contribution >= 4 is 5.91 Å². The molecule has 0 heterocycles. The molecule has 0 radical (unpaired) electrons. The standard InChI is InChI=1S/C10H22N2O2/c1-3-6-9(11)10(14)12(4-2)7-5-8-13/h9,13H,3-8,11H2,1-2H3/t9-/m1/s1. The van der Waals surface area contributed by atoms with Crippen LogP contribution in [0, 0.1) is 0 Å². The molecule has 0 saturated heterocycles. The van der Waals surface area contributed by atoms with Gasteiger partial charge in [-0.15, -0.1) is 0 Å². The molecule has 0 aliphatic carbocycles. The van der Waals surface area contributed by atoms with Gasteiger partial charge in [0.05, 0.1) is 6.04 Å². The van der Waals surface area contributed by atoms with E-state index in [1.165, 1.54) is 0 Å². The number of aliphatic hydroxyl groups excluding tert-OH is 1. The zero-order valence-electron chi connectivity index (χ0n) is 9.20. The van der Waals surface area contributed by atoms with Crippen LogP contribution in [-0.2, 0) is 4.79 Å². The van der Waals surface area contributed by atoms with Gasteiger partial charge < -0.3 is 15.7 Å². The summed E-state index contributed by atoms with van der Waals surface area (Å²) in [5.74, 6) is 0.00259. The van der Waals surface area contributed by atoms with Crippen LogP contribution in [0.25, 0.3) is 0 Å². The first-order valence-electron chi connectivity index (χ1n) is 5.32. The molecule has 4 heteroatoms. The zero-order chi connectivity index (χ0) is 11.0. The van der Waals surface area contributed by atoms with E-state index in [0.717, 1.165) is 12.8 Å². The Morgan fingerprint density at radius 1 is 1.50 bits per heavy atom. The van der Waals surface area contributed by atoms with Gasteiger partial charge in [-0.05, 0) is 19.8 Å². The molecule has 0 bridgehead atoms. The molecular formula is C10H22N2O2. The van der Waals surface area contributed by atoms with Crippen molar-refractivity contribution in [2.45, 2.75) is 39.2 Å². The third-order valence-electron chi connectivity index (χ3n) is 2.20. The van der Waals surface area contributed by atoms with E-state index in [2.05, 4.69) is 0 Å². The Labute approximate surface area is 86.1 Å². The number of aliphatic hydroxyl groups is 1. The Hall–Kier alpha value is -0.610. The molecule has 0 aromatic carbocycles. The summed E-state index contributed by atoms with van der Waals surface area (Å²) >= 11 is 0. The highest BCUT2D eigenvalue weighted by molar-refractivity contribution is 5.81. The number of carbonyl (C=O) groups is 1. The Kier molecular flexibility index (Phi) is 7.42. The van der Waals surface area contributed by atoms with Crippen molar-refractivity contribution in [3.8, 4) is 0 Å². The third-order valence-corrected chi connectivity index (χ3v) is 2.20.